The number of hydrogen-bond acceptors (Lipinski definition) is 2. The van der Waals surface area contributed by atoms with Gasteiger partial charge in [-0.3, -0.25) is 0 Å². The van der Waals surface area contributed by atoms with Gasteiger partial charge in [-0.15, -0.1) is 0 Å². The number of fused-ring (bicyclic) bond motifs is 5. The number of nitrogens with zero attached hydrogens (tertiary/aromatic N) is 3. The van der Waals surface area contributed by atoms with E-state index in [4.69, 9.17) is 0 Å². The number of anilines is 6. The minimum Gasteiger partial charge on any atom is -0.310 e. The number of aromatic nitrogens is 1. The highest BCUT2D eigenvalue weighted by molar-refractivity contribution is 6.21. The van der Waals surface area contributed by atoms with E-state index >= 15 is 0 Å². The van der Waals surface area contributed by atoms with Gasteiger partial charge in [-0.1, -0.05) is 188 Å². The van der Waals surface area contributed by atoms with Crippen molar-refractivity contribution in [2.24, 2.45) is 0 Å². The van der Waals surface area contributed by atoms with Crippen LogP contribution in [-0.2, 0) is 12.4 Å². The Balaban J connectivity index is 0.898. The van der Waals surface area contributed by atoms with Crippen LogP contribution in [0.25, 0.3) is 93.5 Å². The Morgan fingerprint density at radius 3 is 0.941 bits per heavy atom. The molecule has 410 valence electrons. The molecule has 0 unspecified atom stereocenters. The molecule has 0 N–H and O–H groups in total. The van der Waals surface area contributed by atoms with E-state index in [0.717, 1.165) is 89.3 Å². The van der Waals surface area contributed by atoms with Crippen LogP contribution in [0, 0.1) is 0 Å². The topological polar surface area (TPSA) is 11.4 Å². The molecule has 0 saturated heterocycles. The van der Waals surface area contributed by atoms with Crippen LogP contribution < -0.4 is 9.80 Å². The summed E-state index contributed by atoms with van der Waals surface area (Å²) in [5.74, 6) is 0. The van der Waals surface area contributed by atoms with Crippen LogP contribution in [0.3, 0.4) is 0 Å². The molecule has 1 heterocycles. The van der Waals surface area contributed by atoms with Crippen molar-refractivity contribution in [2.75, 3.05) is 9.80 Å². The molecule has 1 aromatic heterocycles. The molecule has 0 radical (unpaired) electrons. The number of para-hydroxylation sites is 4. The number of alkyl halides is 6. The van der Waals surface area contributed by atoms with Crippen molar-refractivity contribution in [3.05, 3.63) is 308 Å². The summed E-state index contributed by atoms with van der Waals surface area (Å²) in [5.41, 5.74) is 11.9. The highest BCUT2D eigenvalue weighted by Gasteiger charge is 2.37. The molecule has 0 aliphatic rings. The average molecular weight is 1120 g/mol. The van der Waals surface area contributed by atoms with Crippen LogP contribution >= 0.6 is 0 Å². The maximum Gasteiger partial charge on any atom is 0.418 e. The zero-order chi connectivity index (χ0) is 57.8. The van der Waals surface area contributed by atoms with Gasteiger partial charge >= 0.3 is 12.4 Å². The van der Waals surface area contributed by atoms with Gasteiger partial charge in [0.05, 0.1) is 33.5 Å². The van der Waals surface area contributed by atoms with Gasteiger partial charge in [-0.05, 0) is 175 Å². The summed E-state index contributed by atoms with van der Waals surface area (Å²) in [7, 11) is 0. The van der Waals surface area contributed by atoms with Crippen molar-refractivity contribution >= 4 is 77.5 Å². The lowest BCUT2D eigenvalue weighted by atomic mass is 9.86. The molecule has 0 aliphatic carbocycles. The summed E-state index contributed by atoms with van der Waals surface area (Å²) in [6.07, 6.45) is -9.17. The molecule has 0 amide bonds. The van der Waals surface area contributed by atoms with Gasteiger partial charge in [-0.2, -0.15) is 26.3 Å². The molecule has 0 aliphatic heterocycles. The molecule has 0 spiro atoms. The molecule has 9 heteroatoms. The predicted molar refractivity (Wildman–Crippen MR) is 337 cm³/mol. The molecule has 85 heavy (non-hydrogen) atoms. The normalized spacial score (nSPS) is 11.9. The maximum atomic E-state index is 14.6. The first-order valence-electron chi connectivity index (χ1n) is 27.9. The number of halogens is 6. The van der Waals surface area contributed by atoms with Gasteiger partial charge in [0.2, 0.25) is 0 Å². The molecule has 14 rings (SSSR count). The minimum absolute atomic E-state index is 0.0182. The fraction of sp³-hybridized carbons (Fsp3) is 0.0263. The Morgan fingerprint density at radius 1 is 0.247 bits per heavy atom. The van der Waals surface area contributed by atoms with Crippen molar-refractivity contribution < 1.29 is 26.3 Å². The first-order chi connectivity index (χ1) is 41.5. The number of rotatable bonds is 11. The smallest absolute Gasteiger partial charge is 0.310 e. The summed E-state index contributed by atoms with van der Waals surface area (Å²) in [4.78, 5) is 3.27. The first kappa shape index (κ1) is 52.4. The third-order valence-electron chi connectivity index (χ3n) is 16.0. The average Bonchev–Trinajstić information content (AvgIpc) is 1.96. The van der Waals surface area contributed by atoms with E-state index < -0.39 is 23.5 Å². The fourth-order valence-electron chi connectivity index (χ4n) is 12.2. The zero-order valence-corrected chi connectivity index (χ0v) is 45.4. The summed E-state index contributed by atoms with van der Waals surface area (Å²) in [5, 5.41) is 6.59. The molecule has 0 atom stereocenters. The lowest BCUT2D eigenvalue weighted by Gasteiger charge is -2.28. The Morgan fingerprint density at radius 2 is 0.553 bits per heavy atom. The van der Waals surface area contributed by atoms with Gasteiger partial charge in [0.15, 0.2) is 0 Å². The molecule has 0 bridgehead atoms. The second-order valence-electron chi connectivity index (χ2n) is 21.0. The van der Waals surface area contributed by atoms with Crippen LogP contribution in [0.15, 0.2) is 297 Å². The lowest BCUT2D eigenvalue weighted by Crippen LogP contribution is -2.16. The summed E-state index contributed by atoms with van der Waals surface area (Å²) < 4.78 is 89.8. The molecule has 13 aromatic carbocycles. The SMILES string of the molecule is FC(F)(F)c1ccccc1N(c1ccccc1)c1ccc(-c2ccc3c(c2)c2cc(-c4ccc(N(c5ccccc5)c5ccccc5C(F)(F)F)cc4)ccc2n3-c2ccc(-c3c4ccccc4c(-c4ccccc4)c4ccccc34)cc2)cc1. The quantitative estimate of drug-likeness (QED) is 0.0945. The standard InChI is InChI=1S/C76H49F6N3/c77-75(78,79)67-28-14-16-30-71(67)83(56-20-6-2-7-21-56)58-40-32-50(33-41-58)54-38-46-69-65(48-54)66-49-55(51-34-42-59(43-35-51)84(57-22-8-3-9-23-57)72-31-17-15-29-68(72)76(80,81)82)39-47-70(66)85(69)60-44-36-53(37-45-60)74-63-26-12-10-24-61(63)73(52-18-4-1-5-19-52)62-25-11-13-27-64(62)74/h1-49H. The maximum absolute atomic E-state index is 14.6. The van der Waals surface area contributed by atoms with E-state index in [9.17, 15) is 26.3 Å². The van der Waals surface area contributed by atoms with E-state index in [1.165, 1.54) is 40.6 Å². The van der Waals surface area contributed by atoms with Crippen molar-refractivity contribution in [2.45, 2.75) is 12.4 Å². The van der Waals surface area contributed by atoms with E-state index in [1.54, 1.807) is 46.2 Å². The van der Waals surface area contributed by atoms with Gasteiger partial charge < -0.3 is 14.4 Å². The third kappa shape index (κ3) is 9.59. The highest BCUT2D eigenvalue weighted by Crippen LogP contribution is 2.48. The fourth-order valence-corrected chi connectivity index (χ4v) is 12.2. The molecular weight excluding hydrogens is 1070 g/mol. The summed E-state index contributed by atoms with van der Waals surface area (Å²) >= 11 is 0. The van der Waals surface area contributed by atoms with Crippen LogP contribution in [0.4, 0.5) is 60.5 Å². The largest absolute Gasteiger partial charge is 0.418 e. The molecule has 14 aromatic rings. The second kappa shape index (κ2) is 21.3. The van der Waals surface area contributed by atoms with E-state index in [-0.39, 0.29) is 11.4 Å². The Labute approximate surface area is 486 Å². The van der Waals surface area contributed by atoms with Gasteiger partial charge in [-0.25, -0.2) is 0 Å². The first-order valence-corrected chi connectivity index (χ1v) is 27.9. The summed E-state index contributed by atoms with van der Waals surface area (Å²) in [6.45, 7) is 0. The van der Waals surface area contributed by atoms with Crippen LogP contribution in [0.2, 0.25) is 0 Å². The Hall–Kier alpha value is -10.6. The number of hydrogen-bond donors (Lipinski definition) is 0. The van der Waals surface area contributed by atoms with Crippen molar-refractivity contribution in [3.63, 3.8) is 0 Å². The highest BCUT2D eigenvalue weighted by atomic mass is 19.4. The summed E-state index contributed by atoms with van der Waals surface area (Å²) in [6, 6.07) is 93.8. The van der Waals surface area contributed by atoms with Crippen LogP contribution in [0.1, 0.15) is 11.1 Å². The molecule has 0 fully saturated rings. The second-order valence-corrected chi connectivity index (χ2v) is 21.0. The van der Waals surface area contributed by atoms with Gasteiger partial charge in [0.25, 0.3) is 0 Å². The van der Waals surface area contributed by atoms with Crippen LogP contribution in [0.5, 0.6) is 0 Å². The predicted octanol–water partition coefficient (Wildman–Crippen LogP) is 22.7. The van der Waals surface area contributed by atoms with Crippen molar-refractivity contribution in [3.8, 4) is 50.2 Å². The minimum atomic E-state index is -4.58. The van der Waals surface area contributed by atoms with Crippen molar-refractivity contribution in [1.82, 2.24) is 4.57 Å². The third-order valence-corrected chi connectivity index (χ3v) is 16.0. The van der Waals surface area contributed by atoms with Gasteiger partial charge in [0.1, 0.15) is 0 Å². The van der Waals surface area contributed by atoms with Gasteiger partial charge in [0, 0.05) is 39.2 Å². The van der Waals surface area contributed by atoms with E-state index in [1.807, 2.05) is 91.0 Å². The van der Waals surface area contributed by atoms with E-state index in [0.29, 0.717) is 22.7 Å². The molecule has 0 saturated carbocycles. The van der Waals surface area contributed by atoms with Crippen molar-refractivity contribution in [1.29, 1.82) is 0 Å². The number of benzene rings is 13. The molecular formula is C76H49F6N3. The van der Waals surface area contributed by atoms with Crippen LogP contribution in [-0.4, -0.2) is 4.57 Å². The monoisotopic (exact) mass is 1120 g/mol. The molecule has 3 nitrogen and oxygen atoms in total. The lowest BCUT2D eigenvalue weighted by molar-refractivity contribution is -0.137. The Kier molecular flexibility index (Phi) is 13.1. The Bertz CT molecular complexity index is 4510. The zero-order valence-electron chi connectivity index (χ0n) is 45.4. The van der Waals surface area contributed by atoms with E-state index in [2.05, 4.69) is 138 Å².